The SMILES string of the molecule is CCCCCC1(C#N)CCCCC1N1CCNCC1. The van der Waals surface area contributed by atoms with Crippen LogP contribution < -0.4 is 5.32 Å². The number of nitriles is 1. The van der Waals surface area contributed by atoms with E-state index in [4.69, 9.17) is 0 Å². The van der Waals surface area contributed by atoms with E-state index in [9.17, 15) is 5.26 Å². The number of piperazine rings is 1. The third kappa shape index (κ3) is 3.49. The Bertz CT molecular complexity index is 304. The Kier molecular flexibility index (Phi) is 5.66. The van der Waals surface area contributed by atoms with Crippen molar-refractivity contribution in [2.45, 2.75) is 64.3 Å². The average molecular weight is 263 g/mol. The smallest absolute Gasteiger partial charge is 0.0729 e. The van der Waals surface area contributed by atoms with Crippen molar-refractivity contribution in [2.75, 3.05) is 26.2 Å². The van der Waals surface area contributed by atoms with E-state index in [2.05, 4.69) is 23.2 Å². The van der Waals surface area contributed by atoms with Crippen LogP contribution in [0.25, 0.3) is 0 Å². The molecule has 1 aliphatic heterocycles. The largest absolute Gasteiger partial charge is 0.314 e. The minimum absolute atomic E-state index is 0.0508. The first-order valence-corrected chi connectivity index (χ1v) is 8.18. The van der Waals surface area contributed by atoms with E-state index in [0.29, 0.717) is 6.04 Å². The van der Waals surface area contributed by atoms with Gasteiger partial charge in [0.25, 0.3) is 0 Å². The number of rotatable bonds is 5. The fourth-order valence-electron chi connectivity index (χ4n) is 3.92. The summed E-state index contributed by atoms with van der Waals surface area (Å²) >= 11 is 0. The van der Waals surface area contributed by atoms with Crippen LogP contribution in [-0.2, 0) is 0 Å². The molecule has 0 amide bonds. The van der Waals surface area contributed by atoms with Crippen LogP contribution in [0.2, 0.25) is 0 Å². The van der Waals surface area contributed by atoms with Gasteiger partial charge in [0.2, 0.25) is 0 Å². The Morgan fingerprint density at radius 2 is 2.05 bits per heavy atom. The highest BCUT2D eigenvalue weighted by Gasteiger charge is 2.43. The Balaban J connectivity index is 2.05. The van der Waals surface area contributed by atoms with Crippen molar-refractivity contribution in [3.63, 3.8) is 0 Å². The fourth-order valence-corrected chi connectivity index (χ4v) is 3.92. The van der Waals surface area contributed by atoms with E-state index in [1.54, 1.807) is 0 Å². The zero-order valence-corrected chi connectivity index (χ0v) is 12.5. The van der Waals surface area contributed by atoms with Gasteiger partial charge in [0, 0.05) is 32.2 Å². The number of nitrogens with zero attached hydrogens (tertiary/aromatic N) is 2. The molecule has 0 aromatic rings. The van der Waals surface area contributed by atoms with E-state index in [1.807, 2.05) is 0 Å². The fraction of sp³-hybridized carbons (Fsp3) is 0.938. The molecule has 0 bridgehead atoms. The minimum atomic E-state index is -0.0508. The average Bonchev–Trinajstić information content (AvgIpc) is 2.49. The van der Waals surface area contributed by atoms with Crippen molar-refractivity contribution < 1.29 is 0 Å². The lowest BCUT2D eigenvalue weighted by Crippen LogP contribution is -2.55. The third-order valence-corrected chi connectivity index (χ3v) is 5.03. The highest BCUT2D eigenvalue weighted by atomic mass is 15.2. The maximum absolute atomic E-state index is 9.85. The van der Waals surface area contributed by atoms with Gasteiger partial charge in [0.15, 0.2) is 0 Å². The molecular weight excluding hydrogens is 234 g/mol. The summed E-state index contributed by atoms with van der Waals surface area (Å²) in [5.41, 5.74) is -0.0508. The summed E-state index contributed by atoms with van der Waals surface area (Å²) in [6.45, 7) is 6.68. The molecule has 2 unspecified atom stereocenters. The Labute approximate surface area is 118 Å². The van der Waals surface area contributed by atoms with E-state index in [0.717, 1.165) is 39.0 Å². The number of hydrogen-bond donors (Lipinski definition) is 1. The van der Waals surface area contributed by atoms with E-state index < -0.39 is 0 Å². The van der Waals surface area contributed by atoms with Crippen LogP contribution in [0, 0.1) is 16.7 Å². The lowest BCUT2D eigenvalue weighted by Gasteiger charge is -2.46. The quantitative estimate of drug-likeness (QED) is 0.775. The number of nitrogens with one attached hydrogen (secondary N) is 1. The van der Waals surface area contributed by atoms with Gasteiger partial charge in [-0.1, -0.05) is 39.0 Å². The van der Waals surface area contributed by atoms with Gasteiger partial charge in [-0.05, 0) is 19.3 Å². The van der Waals surface area contributed by atoms with Crippen molar-refractivity contribution in [2.24, 2.45) is 5.41 Å². The van der Waals surface area contributed by atoms with Crippen LogP contribution in [0.15, 0.2) is 0 Å². The molecule has 108 valence electrons. The molecule has 0 aromatic heterocycles. The van der Waals surface area contributed by atoms with Gasteiger partial charge < -0.3 is 5.32 Å². The maximum Gasteiger partial charge on any atom is 0.0729 e. The summed E-state index contributed by atoms with van der Waals surface area (Å²) in [7, 11) is 0. The van der Waals surface area contributed by atoms with Gasteiger partial charge >= 0.3 is 0 Å². The van der Waals surface area contributed by atoms with Crippen LogP contribution in [0.5, 0.6) is 0 Å². The molecule has 1 saturated heterocycles. The first kappa shape index (κ1) is 14.8. The summed E-state index contributed by atoms with van der Waals surface area (Å²) in [5, 5.41) is 13.3. The molecule has 2 atom stereocenters. The van der Waals surface area contributed by atoms with Crippen LogP contribution in [0.4, 0.5) is 0 Å². The molecule has 1 saturated carbocycles. The summed E-state index contributed by atoms with van der Waals surface area (Å²) < 4.78 is 0. The topological polar surface area (TPSA) is 39.1 Å². The van der Waals surface area contributed by atoms with Crippen LogP contribution in [0.1, 0.15) is 58.3 Å². The number of hydrogen-bond acceptors (Lipinski definition) is 3. The monoisotopic (exact) mass is 263 g/mol. The molecule has 3 heteroatoms. The third-order valence-electron chi connectivity index (χ3n) is 5.03. The lowest BCUT2D eigenvalue weighted by molar-refractivity contribution is 0.0452. The second-order valence-corrected chi connectivity index (χ2v) is 6.27. The van der Waals surface area contributed by atoms with Gasteiger partial charge in [-0.25, -0.2) is 0 Å². The molecule has 2 aliphatic rings. The highest BCUT2D eigenvalue weighted by molar-refractivity contribution is 5.09. The van der Waals surface area contributed by atoms with Crippen LogP contribution >= 0.6 is 0 Å². The standard InChI is InChI=1S/C16H29N3/c1-2-3-5-8-16(14-17)9-6-4-7-15(16)19-12-10-18-11-13-19/h15,18H,2-13H2,1H3. The van der Waals surface area contributed by atoms with Gasteiger partial charge in [-0.3, -0.25) is 4.90 Å². The Morgan fingerprint density at radius 3 is 2.74 bits per heavy atom. The molecule has 3 nitrogen and oxygen atoms in total. The molecule has 0 radical (unpaired) electrons. The van der Waals surface area contributed by atoms with Crippen molar-refractivity contribution in [3.05, 3.63) is 0 Å². The molecule has 2 fully saturated rings. The molecule has 19 heavy (non-hydrogen) atoms. The normalized spacial score (nSPS) is 32.9. The van der Waals surface area contributed by atoms with Crippen molar-refractivity contribution in [1.82, 2.24) is 10.2 Å². The van der Waals surface area contributed by atoms with Crippen molar-refractivity contribution in [3.8, 4) is 6.07 Å². The first-order valence-electron chi connectivity index (χ1n) is 8.18. The second kappa shape index (κ2) is 7.26. The van der Waals surface area contributed by atoms with Crippen molar-refractivity contribution >= 4 is 0 Å². The molecule has 1 N–H and O–H groups in total. The minimum Gasteiger partial charge on any atom is -0.314 e. The second-order valence-electron chi connectivity index (χ2n) is 6.27. The summed E-state index contributed by atoms with van der Waals surface area (Å²) in [5.74, 6) is 0. The molecular formula is C16H29N3. The molecule has 0 spiro atoms. The Hall–Kier alpha value is -0.590. The molecule has 1 heterocycles. The van der Waals surface area contributed by atoms with E-state index in [-0.39, 0.29) is 5.41 Å². The summed E-state index contributed by atoms with van der Waals surface area (Å²) in [6.07, 6.45) is 9.80. The highest BCUT2D eigenvalue weighted by Crippen LogP contribution is 2.43. The Morgan fingerprint density at radius 1 is 1.26 bits per heavy atom. The lowest BCUT2D eigenvalue weighted by atomic mass is 9.67. The zero-order valence-electron chi connectivity index (χ0n) is 12.5. The van der Waals surface area contributed by atoms with Gasteiger partial charge in [0.05, 0.1) is 11.5 Å². The van der Waals surface area contributed by atoms with E-state index in [1.165, 1.54) is 38.5 Å². The predicted octanol–water partition coefficient (Wildman–Crippen LogP) is 2.92. The van der Waals surface area contributed by atoms with Gasteiger partial charge in [-0.15, -0.1) is 0 Å². The summed E-state index contributed by atoms with van der Waals surface area (Å²) in [4.78, 5) is 2.60. The van der Waals surface area contributed by atoms with Crippen LogP contribution in [0.3, 0.4) is 0 Å². The first-order chi connectivity index (χ1) is 9.32. The molecule has 1 aliphatic carbocycles. The van der Waals surface area contributed by atoms with Gasteiger partial charge in [0.1, 0.15) is 0 Å². The summed E-state index contributed by atoms with van der Waals surface area (Å²) in [6, 6.07) is 3.28. The zero-order chi connectivity index (χ0) is 13.6. The predicted molar refractivity (Wildman–Crippen MR) is 78.9 cm³/mol. The van der Waals surface area contributed by atoms with Gasteiger partial charge in [-0.2, -0.15) is 5.26 Å². The van der Waals surface area contributed by atoms with E-state index >= 15 is 0 Å². The number of unbranched alkanes of at least 4 members (excludes halogenated alkanes) is 2. The van der Waals surface area contributed by atoms with Crippen molar-refractivity contribution in [1.29, 1.82) is 5.26 Å². The molecule has 0 aromatic carbocycles. The maximum atomic E-state index is 9.85. The molecule has 2 rings (SSSR count). The van der Waals surface area contributed by atoms with Crippen LogP contribution in [-0.4, -0.2) is 37.1 Å².